The van der Waals surface area contributed by atoms with Gasteiger partial charge in [-0.05, 0) is 56.7 Å². The van der Waals surface area contributed by atoms with Crippen LogP contribution in [0, 0.1) is 19.7 Å². The lowest BCUT2D eigenvalue weighted by atomic mass is 10.2. The Bertz CT molecular complexity index is 1360. The van der Waals surface area contributed by atoms with Crippen molar-refractivity contribution >= 4 is 22.8 Å². The number of fused-ring (bicyclic) bond motifs is 1. The Hall–Kier alpha value is -3.81. The van der Waals surface area contributed by atoms with Crippen LogP contribution < -0.4 is 4.90 Å². The quantitative estimate of drug-likeness (QED) is 0.438. The molecule has 5 rings (SSSR count). The Morgan fingerprint density at radius 1 is 0.943 bits per heavy atom. The molecule has 4 aromatic rings. The fraction of sp³-hybridized carbons (Fsp3) is 0.333. The van der Waals surface area contributed by atoms with Crippen LogP contribution in [0.25, 0.3) is 16.7 Å². The maximum Gasteiger partial charge on any atom is 0.253 e. The molecule has 0 atom stereocenters. The number of anilines is 1. The maximum atomic E-state index is 13.3. The van der Waals surface area contributed by atoms with Crippen molar-refractivity contribution in [3.05, 3.63) is 77.0 Å². The Morgan fingerprint density at radius 2 is 1.69 bits per heavy atom. The first-order chi connectivity index (χ1) is 16.9. The van der Waals surface area contributed by atoms with Crippen molar-refractivity contribution in [1.82, 2.24) is 24.6 Å². The van der Waals surface area contributed by atoms with E-state index in [0.717, 1.165) is 47.0 Å². The van der Waals surface area contributed by atoms with E-state index in [-0.39, 0.29) is 11.7 Å². The summed E-state index contributed by atoms with van der Waals surface area (Å²) in [5.74, 6) is 1.23. The van der Waals surface area contributed by atoms with E-state index in [1.807, 2.05) is 16.5 Å². The molecule has 7 nitrogen and oxygen atoms in total. The average Bonchev–Trinajstić information content (AvgIpc) is 3.04. The Kier molecular flexibility index (Phi) is 6.19. The van der Waals surface area contributed by atoms with E-state index in [1.54, 1.807) is 12.1 Å². The van der Waals surface area contributed by atoms with Gasteiger partial charge in [-0.25, -0.2) is 19.0 Å². The molecule has 0 unspecified atom stereocenters. The predicted molar refractivity (Wildman–Crippen MR) is 135 cm³/mol. The second-order valence-electron chi connectivity index (χ2n) is 8.99. The van der Waals surface area contributed by atoms with E-state index in [9.17, 15) is 9.18 Å². The fourth-order valence-corrected chi connectivity index (χ4v) is 4.57. The summed E-state index contributed by atoms with van der Waals surface area (Å²) in [6.07, 6.45) is 1.52. The molecule has 0 spiro atoms. The zero-order chi connectivity index (χ0) is 24.5. The predicted octanol–water partition coefficient (Wildman–Crippen LogP) is 4.49. The van der Waals surface area contributed by atoms with Crippen LogP contribution >= 0.6 is 0 Å². The summed E-state index contributed by atoms with van der Waals surface area (Å²) in [6.45, 7) is 8.74. The van der Waals surface area contributed by atoms with E-state index in [0.29, 0.717) is 31.6 Å². The number of hydrogen-bond donors (Lipinski definition) is 0. The summed E-state index contributed by atoms with van der Waals surface area (Å²) < 4.78 is 15.2. The topological polar surface area (TPSA) is 67.2 Å². The van der Waals surface area contributed by atoms with Gasteiger partial charge in [-0.1, -0.05) is 24.6 Å². The number of carbonyl (C=O) groups excluding carboxylic acids is 1. The van der Waals surface area contributed by atoms with Gasteiger partial charge >= 0.3 is 0 Å². The number of benzene rings is 2. The first-order valence-electron chi connectivity index (χ1n) is 12.1. The molecule has 8 heteroatoms. The van der Waals surface area contributed by atoms with E-state index >= 15 is 0 Å². The molecule has 1 amide bonds. The van der Waals surface area contributed by atoms with Gasteiger partial charge in [0.1, 0.15) is 17.5 Å². The molecule has 180 valence electrons. The van der Waals surface area contributed by atoms with Crippen molar-refractivity contribution in [2.75, 3.05) is 31.1 Å². The van der Waals surface area contributed by atoms with E-state index in [4.69, 9.17) is 15.1 Å². The third-order valence-corrected chi connectivity index (χ3v) is 6.50. The van der Waals surface area contributed by atoms with E-state index in [2.05, 4.69) is 43.0 Å². The van der Waals surface area contributed by atoms with Gasteiger partial charge in [-0.3, -0.25) is 4.79 Å². The molecule has 35 heavy (non-hydrogen) atoms. The molecule has 0 radical (unpaired) electrons. The van der Waals surface area contributed by atoms with Gasteiger partial charge in [0.15, 0.2) is 5.65 Å². The van der Waals surface area contributed by atoms with Crippen molar-refractivity contribution in [1.29, 1.82) is 0 Å². The zero-order valence-electron chi connectivity index (χ0n) is 20.3. The number of nitrogens with zero attached hydrogens (tertiary/aromatic N) is 6. The minimum atomic E-state index is -0.343. The second kappa shape index (κ2) is 9.44. The Balaban J connectivity index is 1.48. The van der Waals surface area contributed by atoms with Gasteiger partial charge < -0.3 is 9.80 Å². The molecule has 0 aliphatic carbocycles. The Labute approximate surface area is 204 Å². The normalized spacial score (nSPS) is 14.4. The third-order valence-electron chi connectivity index (χ3n) is 6.50. The van der Waals surface area contributed by atoms with Crippen LogP contribution in [0.1, 0.15) is 40.8 Å². The molecule has 1 aliphatic rings. The van der Waals surface area contributed by atoms with Crippen molar-refractivity contribution in [2.24, 2.45) is 0 Å². The number of carbonyl (C=O) groups is 1. The van der Waals surface area contributed by atoms with Crippen LogP contribution in [0.4, 0.5) is 10.2 Å². The highest BCUT2D eigenvalue weighted by molar-refractivity contribution is 5.94. The lowest BCUT2D eigenvalue weighted by molar-refractivity contribution is 0.0767. The fourth-order valence-electron chi connectivity index (χ4n) is 4.57. The van der Waals surface area contributed by atoms with Crippen LogP contribution in [0.15, 0.2) is 48.5 Å². The monoisotopic (exact) mass is 472 g/mol. The largest absolute Gasteiger partial charge is 0.354 e. The lowest BCUT2D eigenvalue weighted by Gasteiger charge is -2.24. The van der Waals surface area contributed by atoms with Crippen molar-refractivity contribution in [2.45, 2.75) is 33.6 Å². The summed E-state index contributed by atoms with van der Waals surface area (Å²) in [5, 5.41) is 5.77. The summed E-state index contributed by atoms with van der Waals surface area (Å²) in [4.78, 5) is 26.9. The number of aromatic nitrogens is 4. The second-order valence-corrected chi connectivity index (χ2v) is 8.99. The highest BCUT2D eigenvalue weighted by Crippen LogP contribution is 2.30. The average molecular weight is 473 g/mol. The Morgan fingerprint density at radius 3 is 2.40 bits per heavy atom. The van der Waals surface area contributed by atoms with Crippen LogP contribution in [-0.2, 0) is 6.42 Å². The highest BCUT2D eigenvalue weighted by atomic mass is 19.1. The summed E-state index contributed by atoms with van der Waals surface area (Å²) >= 11 is 0. The van der Waals surface area contributed by atoms with Gasteiger partial charge in [0.25, 0.3) is 5.91 Å². The minimum absolute atomic E-state index is 0.0719. The minimum Gasteiger partial charge on any atom is -0.354 e. The van der Waals surface area contributed by atoms with Gasteiger partial charge in [-0.15, -0.1) is 0 Å². The number of rotatable bonds is 4. The molecular weight excluding hydrogens is 443 g/mol. The van der Waals surface area contributed by atoms with Gasteiger partial charge in [-0.2, -0.15) is 5.10 Å². The summed E-state index contributed by atoms with van der Waals surface area (Å²) in [7, 11) is 0. The van der Waals surface area contributed by atoms with Crippen molar-refractivity contribution < 1.29 is 9.18 Å². The van der Waals surface area contributed by atoms with Crippen LogP contribution in [0.3, 0.4) is 0 Å². The molecule has 0 N–H and O–H groups in total. The number of aryl methyl sites for hydroxylation is 3. The van der Waals surface area contributed by atoms with Gasteiger partial charge in [0.2, 0.25) is 0 Å². The number of amides is 1. The molecule has 0 saturated carbocycles. The van der Waals surface area contributed by atoms with Crippen LogP contribution in [-0.4, -0.2) is 56.7 Å². The summed E-state index contributed by atoms with van der Waals surface area (Å²) in [6, 6.07) is 14.0. The van der Waals surface area contributed by atoms with Crippen LogP contribution in [0.5, 0.6) is 0 Å². The SMILES string of the molecule is CCc1nc(N2CCCN(C(=O)c3ccc(F)cc3)CC2)c2c(C)nn(-c3ccc(C)cc3)c2n1. The number of halogens is 1. The number of hydrogen-bond acceptors (Lipinski definition) is 5. The molecule has 2 aromatic heterocycles. The lowest BCUT2D eigenvalue weighted by Crippen LogP contribution is -2.35. The van der Waals surface area contributed by atoms with E-state index < -0.39 is 0 Å². The third kappa shape index (κ3) is 4.48. The van der Waals surface area contributed by atoms with Gasteiger partial charge in [0.05, 0.1) is 16.8 Å². The van der Waals surface area contributed by atoms with Crippen molar-refractivity contribution in [3.63, 3.8) is 0 Å². The molecular formula is C27H29FN6O. The molecule has 0 bridgehead atoms. The highest BCUT2D eigenvalue weighted by Gasteiger charge is 2.25. The molecule has 3 heterocycles. The summed E-state index contributed by atoms with van der Waals surface area (Å²) in [5.41, 5.74) is 4.34. The first-order valence-corrected chi connectivity index (χ1v) is 12.1. The van der Waals surface area contributed by atoms with Crippen molar-refractivity contribution in [3.8, 4) is 5.69 Å². The smallest absolute Gasteiger partial charge is 0.253 e. The van der Waals surface area contributed by atoms with E-state index in [1.165, 1.54) is 17.7 Å². The van der Waals surface area contributed by atoms with Gasteiger partial charge in [0, 0.05) is 38.2 Å². The maximum absolute atomic E-state index is 13.3. The van der Waals surface area contributed by atoms with Crippen LogP contribution in [0.2, 0.25) is 0 Å². The standard InChI is InChI=1S/C27H29FN6O/c1-4-23-29-25(24-19(3)31-34(26(24)30-23)22-12-6-18(2)7-13-22)32-14-5-15-33(17-16-32)27(35)20-8-10-21(28)11-9-20/h6-13H,4-5,14-17H2,1-3H3. The molecule has 2 aromatic carbocycles. The molecule has 1 saturated heterocycles. The molecule has 1 aliphatic heterocycles. The first kappa shape index (κ1) is 23.0. The zero-order valence-corrected chi connectivity index (χ0v) is 20.3. The molecule has 1 fully saturated rings.